The number of ketones is 1. The number of para-hydroxylation sites is 1. The number of carbonyl (C=O) groups excluding carboxylic acids is 3. The van der Waals surface area contributed by atoms with Crippen molar-refractivity contribution in [2.24, 2.45) is 0 Å². The van der Waals surface area contributed by atoms with Crippen molar-refractivity contribution in [3.05, 3.63) is 110 Å². The number of benzene rings is 3. The van der Waals surface area contributed by atoms with E-state index in [0.29, 0.717) is 32.7 Å². The van der Waals surface area contributed by atoms with Crippen LogP contribution in [0.5, 0.6) is 0 Å². The first kappa shape index (κ1) is 23.9. The second-order valence-corrected chi connectivity index (χ2v) is 8.32. The zero-order valence-corrected chi connectivity index (χ0v) is 19.8. The van der Waals surface area contributed by atoms with Gasteiger partial charge in [-0.15, -0.1) is 0 Å². The molecule has 0 saturated heterocycles. The van der Waals surface area contributed by atoms with Gasteiger partial charge >= 0.3 is 0 Å². The van der Waals surface area contributed by atoms with Crippen molar-refractivity contribution >= 4 is 40.1 Å². The van der Waals surface area contributed by atoms with Gasteiger partial charge in [0.2, 0.25) is 0 Å². The summed E-state index contributed by atoms with van der Waals surface area (Å²) in [5, 5.41) is 6.06. The van der Waals surface area contributed by atoms with E-state index in [-0.39, 0.29) is 34.9 Å². The third-order valence-electron chi connectivity index (χ3n) is 5.64. The number of aromatic nitrogens is 1. The highest BCUT2D eigenvalue weighted by Gasteiger charge is 2.22. The summed E-state index contributed by atoms with van der Waals surface area (Å²) in [6.45, 7) is 1.22. The molecule has 8 heteroatoms. The Balaban J connectivity index is 1.80. The molecular weight excluding hydrogens is 466 g/mol. The number of nitrogens with one attached hydrogen (secondary N) is 2. The van der Waals surface area contributed by atoms with Crippen molar-refractivity contribution in [3.8, 4) is 5.69 Å². The van der Waals surface area contributed by atoms with Gasteiger partial charge in [-0.2, -0.15) is 0 Å². The summed E-state index contributed by atoms with van der Waals surface area (Å²) in [6, 6.07) is 20.2. The molecule has 0 aliphatic heterocycles. The summed E-state index contributed by atoms with van der Waals surface area (Å²) in [5.74, 6) is -1.03. The van der Waals surface area contributed by atoms with Crippen LogP contribution >= 0.6 is 11.6 Å². The maximum Gasteiger partial charge on any atom is 0.251 e. The van der Waals surface area contributed by atoms with Gasteiger partial charge in [0.15, 0.2) is 11.2 Å². The average molecular weight is 488 g/mol. The number of hydrogen-bond donors (Lipinski definition) is 2. The predicted octanol–water partition coefficient (Wildman–Crippen LogP) is 4.14. The standard InChI is InChI=1S/C27H22ClN3O4/c1-16(32)24-22(15-30-27(35)18-10-8-17(9-11-18)26(34)29-2)25(33)21-13-12-19(28)14-23(21)31(24)20-6-4-3-5-7-20/h3-14H,15H2,1-2H3,(H,29,34)(H,30,35). The first-order chi connectivity index (χ1) is 16.8. The molecule has 0 aliphatic rings. The molecule has 1 aromatic heterocycles. The van der Waals surface area contributed by atoms with Crippen LogP contribution in [-0.2, 0) is 6.54 Å². The molecule has 35 heavy (non-hydrogen) atoms. The highest BCUT2D eigenvalue weighted by atomic mass is 35.5. The predicted molar refractivity (Wildman–Crippen MR) is 136 cm³/mol. The minimum absolute atomic E-state index is 0.158. The van der Waals surface area contributed by atoms with Crippen molar-refractivity contribution < 1.29 is 14.4 Å². The second-order valence-electron chi connectivity index (χ2n) is 7.88. The number of hydrogen-bond acceptors (Lipinski definition) is 4. The van der Waals surface area contributed by atoms with Gasteiger partial charge in [0.05, 0.1) is 11.2 Å². The first-order valence-corrected chi connectivity index (χ1v) is 11.2. The monoisotopic (exact) mass is 487 g/mol. The third-order valence-corrected chi connectivity index (χ3v) is 5.87. The molecule has 2 N–H and O–H groups in total. The lowest BCUT2D eigenvalue weighted by Gasteiger charge is -2.19. The highest BCUT2D eigenvalue weighted by molar-refractivity contribution is 6.31. The van der Waals surface area contributed by atoms with E-state index in [1.165, 1.54) is 38.2 Å². The summed E-state index contributed by atoms with van der Waals surface area (Å²) in [7, 11) is 1.52. The second kappa shape index (κ2) is 9.95. The molecule has 2 amide bonds. The molecule has 0 radical (unpaired) electrons. The van der Waals surface area contributed by atoms with Gasteiger partial charge in [-0.05, 0) is 54.6 Å². The molecule has 4 rings (SSSR count). The van der Waals surface area contributed by atoms with Gasteiger partial charge in [-0.3, -0.25) is 19.2 Å². The van der Waals surface area contributed by atoms with Crippen molar-refractivity contribution in [2.75, 3.05) is 7.05 Å². The minimum Gasteiger partial charge on any atom is -0.355 e. The van der Waals surface area contributed by atoms with E-state index in [1.807, 2.05) is 30.3 Å². The van der Waals surface area contributed by atoms with Gasteiger partial charge in [-0.1, -0.05) is 29.8 Å². The van der Waals surface area contributed by atoms with Crippen LogP contribution in [0.3, 0.4) is 0 Å². The Hall–Kier alpha value is -4.23. The van der Waals surface area contributed by atoms with Crippen LogP contribution in [0, 0.1) is 0 Å². The van der Waals surface area contributed by atoms with E-state index < -0.39 is 5.91 Å². The Morgan fingerprint density at radius 3 is 2.11 bits per heavy atom. The van der Waals surface area contributed by atoms with Crippen LogP contribution in [0.25, 0.3) is 16.6 Å². The molecule has 0 atom stereocenters. The summed E-state index contributed by atoms with van der Waals surface area (Å²) in [6.07, 6.45) is 0. The number of amides is 2. The molecule has 1 heterocycles. The quantitative estimate of drug-likeness (QED) is 0.399. The average Bonchev–Trinajstić information content (AvgIpc) is 2.87. The van der Waals surface area contributed by atoms with Crippen LogP contribution in [0.4, 0.5) is 0 Å². The van der Waals surface area contributed by atoms with E-state index in [0.717, 1.165) is 0 Å². The molecule has 3 aromatic carbocycles. The molecule has 0 fully saturated rings. The number of pyridine rings is 1. The van der Waals surface area contributed by atoms with E-state index in [9.17, 15) is 19.2 Å². The van der Waals surface area contributed by atoms with Crippen molar-refractivity contribution in [1.29, 1.82) is 0 Å². The minimum atomic E-state index is -0.440. The molecule has 0 unspecified atom stereocenters. The Morgan fingerprint density at radius 1 is 0.886 bits per heavy atom. The van der Waals surface area contributed by atoms with E-state index >= 15 is 0 Å². The summed E-state index contributed by atoms with van der Waals surface area (Å²) in [5.41, 5.74) is 1.91. The molecule has 7 nitrogen and oxygen atoms in total. The van der Waals surface area contributed by atoms with Crippen LogP contribution in [0.2, 0.25) is 5.02 Å². The fourth-order valence-corrected chi connectivity index (χ4v) is 4.14. The normalized spacial score (nSPS) is 10.7. The molecule has 0 spiro atoms. The van der Waals surface area contributed by atoms with E-state index in [4.69, 9.17) is 11.6 Å². The Kier molecular flexibility index (Phi) is 6.80. The molecule has 176 valence electrons. The van der Waals surface area contributed by atoms with Gasteiger partial charge in [-0.25, -0.2) is 0 Å². The van der Waals surface area contributed by atoms with Gasteiger partial charge in [0, 0.05) is 53.3 Å². The van der Waals surface area contributed by atoms with Crippen LogP contribution < -0.4 is 16.1 Å². The lowest BCUT2D eigenvalue weighted by atomic mass is 10.0. The van der Waals surface area contributed by atoms with Gasteiger partial charge < -0.3 is 15.2 Å². The Labute approximate surface area is 206 Å². The zero-order valence-electron chi connectivity index (χ0n) is 19.1. The number of fused-ring (bicyclic) bond motifs is 1. The zero-order chi connectivity index (χ0) is 25.1. The van der Waals surface area contributed by atoms with Crippen LogP contribution in [-0.4, -0.2) is 29.2 Å². The van der Waals surface area contributed by atoms with Crippen LogP contribution in [0.15, 0.2) is 77.6 Å². The number of carbonyl (C=O) groups is 3. The highest BCUT2D eigenvalue weighted by Crippen LogP contribution is 2.25. The molecule has 4 aromatic rings. The number of rotatable bonds is 6. The molecule has 0 saturated carbocycles. The van der Waals surface area contributed by atoms with Gasteiger partial charge in [0.1, 0.15) is 0 Å². The van der Waals surface area contributed by atoms with Gasteiger partial charge in [0.25, 0.3) is 11.8 Å². The third kappa shape index (κ3) is 4.72. The Bertz CT molecular complexity index is 1510. The largest absolute Gasteiger partial charge is 0.355 e. The summed E-state index contributed by atoms with van der Waals surface area (Å²) in [4.78, 5) is 50.8. The fraction of sp³-hybridized carbons (Fsp3) is 0.111. The van der Waals surface area contributed by atoms with E-state index in [1.54, 1.807) is 22.8 Å². The van der Waals surface area contributed by atoms with Crippen molar-refractivity contribution in [1.82, 2.24) is 15.2 Å². The number of nitrogens with zero attached hydrogens (tertiary/aromatic N) is 1. The summed E-state index contributed by atoms with van der Waals surface area (Å²) < 4.78 is 1.70. The number of halogens is 1. The first-order valence-electron chi connectivity index (χ1n) is 10.9. The fourth-order valence-electron chi connectivity index (χ4n) is 3.97. The molecule has 0 bridgehead atoms. The smallest absolute Gasteiger partial charge is 0.251 e. The molecule has 0 aliphatic carbocycles. The maximum absolute atomic E-state index is 13.4. The van der Waals surface area contributed by atoms with Crippen molar-refractivity contribution in [2.45, 2.75) is 13.5 Å². The maximum atomic E-state index is 13.4. The topological polar surface area (TPSA) is 97.3 Å². The lowest BCUT2D eigenvalue weighted by molar-refractivity contribution is 0.0942. The summed E-state index contributed by atoms with van der Waals surface area (Å²) >= 11 is 6.23. The van der Waals surface area contributed by atoms with E-state index in [2.05, 4.69) is 10.6 Å². The van der Waals surface area contributed by atoms with Crippen molar-refractivity contribution in [3.63, 3.8) is 0 Å². The lowest BCUT2D eigenvalue weighted by Crippen LogP contribution is -2.30. The SMILES string of the molecule is CNC(=O)c1ccc(C(=O)NCc2c(C(C)=O)n(-c3ccccc3)c3cc(Cl)ccc3c2=O)cc1. The Morgan fingerprint density at radius 2 is 1.51 bits per heavy atom. The molecular formula is C27H22ClN3O4. The van der Waals surface area contributed by atoms with Crippen LogP contribution in [0.1, 0.15) is 43.7 Å². The number of Topliss-reactive ketones (excluding diaryl/α,β-unsaturated/α-hetero) is 1.